The first kappa shape index (κ1) is 26.8. The first-order chi connectivity index (χ1) is 17.9. The Morgan fingerprint density at radius 3 is 2.65 bits per heavy atom. The predicted molar refractivity (Wildman–Crippen MR) is 150 cm³/mol. The van der Waals surface area contributed by atoms with Crippen LogP contribution in [0.1, 0.15) is 84.6 Å². The van der Waals surface area contributed by atoms with E-state index in [1.165, 1.54) is 36.8 Å². The molecule has 0 radical (unpaired) electrons. The Balaban J connectivity index is 1.22. The van der Waals surface area contributed by atoms with Crippen LogP contribution in [0.25, 0.3) is 0 Å². The molecule has 0 amide bonds. The summed E-state index contributed by atoms with van der Waals surface area (Å²) >= 11 is 0. The number of hydrogen-bond donors (Lipinski definition) is 0. The fourth-order valence-electron chi connectivity index (χ4n) is 9.12. The van der Waals surface area contributed by atoms with Crippen molar-refractivity contribution in [3.05, 3.63) is 35.4 Å². The van der Waals surface area contributed by atoms with Crippen molar-refractivity contribution in [2.45, 2.75) is 85.6 Å². The van der Waals surface area contributed by atoms with E-state index in [0.29, 0.717) is 23.0 Å². The van der Waals surface area contributed by atoms with Gasteiger partial charge in [-0.05, 0) is 123 Å². The Hall–Kier alpha value is -1.81. The molecule has 7 atom stereocenters. The zero-order valence-corrected chi connectivity index (χ0v) is 23.9. The summed E-state index contributed by atoms with van der Waals surface area (Å²) in [7, 11) is 1.75. The van der Waals surface area contributed by atoms with Crippen molar-refractivity contribution in [3.63, 3.8) is 0 Å². The van der Waals surface area contributed by atoms with Gasteiger partial charge < -0.3 is 9.47 Å². The SMILES string of the molecule is CCN(CC)Cc1ccc(OCC[C@H]2CC[C@H]3[C@H]4[C@H](CC[C@]23C)[C@H]2CCC(=O)C=C2C[C@H]4C)c(OC)c1. The maximum absolute atomic E-state index is 12.1. The first-order valence-electron chi connectivity index (χ1n) is 15.1. The van der Waals surface area contributed by atoms with Gasteiger partial charge in [0.1, 0.15) is 0 Å². The largest absolute Gasteiger partial charge is 0.493 e. The maximum Gasteiger partial charge on any atom is 0.161 e. The molecule has 37 heavy (non-hydrogen) atoms. The lowest BCUT2D eigenvalue weighted by molar-refractivity contribution is -0.116. The van der Waals surface area contributed by atoms with Gasteiger partial charge in [0.15, 0.2) is 17.3 Å². The average molecular weight is 508 g/mol. The van der Waals surface area contributed by atoms with E-state index in [0.717, 1.165) is 87.1 Å². The molecule has 0 aliphatic heterocycles. The predicted octanol–water partition coefficient (Wildman–Crippen LogP) is 7.31. The monoisotopic (exact) mass is 507 g/mol. The standard InChI is InChI=1S/C33H49NO3/c1-6-34(7-2)21-23-8-13-30(31(19-23)36-5)37-17-15-25-9-12-29-32-22(3)18-24-20-26(35)10-11-27(24)28(32)14-16-33(25,29)4/h8,13,19-20,22,25,27-29,32H,6-7,9-12,14-18,21H2,1-5H3/t22-,25-,27+,28-,29+,32-,33-/m1/s1. The quantitative estimate of drug-likeness (QED) is 0.351. The van der Waals surface area contributed by atoms with Gasteiger partial charge in [0, 0.05) is 13.0 Å². The smallest absolute Gasteiger partial charge is 0.161 e. The molecular formula is C33H49NO3. The summed E-state index contributed by atoms with van der Waals surface area (Å²) in [6.07, 6.45) is 11.6. The number of ether oxygens (including phenoxy) is 2. The van der Waals surface area contributed by atoms with Crippen LogP contribution in [-0.4, -0.2) is 37.5 Å². The molecule has 4 aliphatic rings. The lowest BCUT2D eigenvalue weighted by Crippen LogP contribution is -2.49. The van der Waals surface area contributed by atoms with Gasteiger partial charge in [-0.1, -0.05) is 39.3 Å². The second-order valence-corrected chi connectivity index (χ2v) is 12.8. The number of carbonyl (C=O) groups is 1. The molecule has 0 spiro atoms. The third-order valence-corrected chi connectivity index (χ3v) is 11.1. The molecule has 5 rings (SSSR count). The molecule has 0 bridgehead atoms. The first-order valence-corrected chi connectivity index (χ1v) is 15.1. The van der Waals surface area contributed by atoms with Crippen molar-refractivity contribution in [1.82, 2.24) is 4.90 Å². The minimum atomic E-state index is 0.369. The fraction of sp³-hybridized carbons (Fsp3) is 0.727. The van der Waals surface area contributed by atoms with Crippen LogP contribution in [0.3, 0.4) is 0 Å². The average Bonchev–Trinajstić information content (AvgIpc) is 3.23. The molecule has 204 valence electrons. The second-order valence-electron chi connectivity index (χ2n) is 12.8. The highest BCUT2D eigenvalue weighted by Crippen LogP contribution is 2.65. The van der Waals surface area contributed by atoms with Crippen molar-refractivity contribution in [2.24, 2.45) is 40.9 Å². The zero-order chi connectivity index (χ0) is 26.2. The number of allylic oxidation sites excluding steroid dienone is 1. The van der Waals surface area contributed by atoms with Gasteiger partial charge >= 0.3 is 0 Å². The Labute approximate surface area is 225 Å². The van der Waals surface area contributed by atoms with E-state index >= 15 is 0 Å². The van der Waals surface area contributed by atoms with Gasteiger partial charge in [-0.15, -0.1) is 0 Å². The molecule has 4 heteroatoms. The Bertz CT molecular complexity index is 997. The molecule has 0 saturated heterocycles. The number of ketones is 1. The number of fused-ring (bicyclic) bond motifs is 5. The summed E-state index contributed by atoms with van der Waals surface area (Å²) in [5.41, 5.74) is 3.20. The van der Waals surface area contributed by atoms with Crippen LogP contribution in [-0.2, 0) is 11.3 Å². The highest BCUT2D eigenvalue weighted by atomic mass is 16.5. The van der Waals surface area contributed by atoms with Crippen molar-refractivity contribution < 1.29 is 14.3 Å². The van der Waals surface area contributed by atoms with Gasteiger partial charge in [0.25, 0.3) is 0 Å². The number of carbonyl (C=O) groups excluding carboxylic acids is 1. The minimum absolute atomic E-state index is 0.369. The van der Waals surface area contributed by atoms with Crippen LogP contribution in [0.15, 0.2) is 29.8 Å². The van der Waals surface area contributed by atoms with Crippen LogP contribution < -0.4 is 9.47 Å². The molecular weight excluding hydrogens is 458 g/mol. The highest BCUT2D eigenvalue weighted by Gasteiger charge is 2.57. The number of rotatable bonds is 9. The van der Waals surface area contributed by atoms with E-state index in [-0.39, 0.29) is 0 Å². The molecule has 4 aliphatic carbocycles. The minimum Gasteiger partial charge on any atom is -0.493 e. The van der Waals surface area contributed by atoms with E-state index in [9.17, 15) is 4.79 Å². The zero-order valence-electron chi connectivity index (χ0n) is 23.9. The highest BCUT2D eigenvalue weighted by molar-refractivity contribution is 5.91. The molecule has 3 saturated carbocycles. The van der Waals surface area contributed by atoms with Crippen molar-refractivity contribution in [1.29, 1.82) is 0 Å². The normalized spacial score (nSPS) is 35.0. The van der Waals surface area contributed by atoms with E-state index < -0.39 is 0 Å². The third-order valence-electron chi connectivity index (χ3n) is 11.1. The van der Waals surface area contributed by atoms with Crippen LogP contribution >= 0.6 is 0 Å². The molecule has 0 N–H and O–H groups in total. The lowest BCUT2D eigenvalue weighted by atomic mass is 9.49. The Morgan fingerprint density at radius 1 is 1.08 bits per heavy atom. The van der Waals surface area contributed by atoms with Gasteiger partial charge in [0.2, 0.25) is 0 Å². The summed E-state index contributed by atoms with van der Waals surface area (Å²) in [5, 5.41) is 0. The van der Waals surface area contributed by atoms with Crippen LogP contribution in [0.4, 0.5) is 0 Å². The van der Waals surface area contributed by atoms with E-state index in [1.54, 1.807) is 7.11 Å². The summed E-state index contributed by atoms with van der Waals surface area (Å²) in [6, 6.07) is 6.44. The number of hydrogen-bond acceptors (Lipinski definition) is 4. The van der Waals surface area contributed by atoms with Crippen LogP contribution in [0, 0.1) is 40.9 Å². The number of benzene rings is 1. The lowest BCUT2D eigenvalue weighted by Gasteiger charge is -2.56. The maximum atomic E-state index is 12.1. The Kier molecular flexibility index (Phi) is 8.05. The molecule has 1 aromatic rings. The molecule has 4 nitrogen and oxygen atoms in total. The van der Waals surface area contributed by atoms with Gasteiger partial charge in [0.05, 0.1) is 13.7 Å². The molecule has 1 aromatic carbocycles. The van der Waals surface area contributed by atoms with Gasteiger partial charge in [-0.3, -0.25) is 9.69 Å². The number of nitrogens with zero attached hydrogens (tertiary/aromatic N) is 1. The van der Waals surface area contributed by atoms with Gasteiger partial charge in [-0.2, -0.15) is 0 Å². The summed E-state index contributed by atoms with van der Waals surface area (Å²) in [6.45, 7) is 13.3. The molecule has 3 fully saturated rings. The third kappa shape index (κ3) is 5.12. The summed E-state index contributed by atoms with van der Waals surface area (Å²) < 4.78 is 12.1. The van der Waals surface area contributed by atoms with Crippen molar-refractivity contribution in [2.75, 3.05) is 26.8 Å². The molecule has 0 unspecified atom stereocenters. The fourth-order valence-corrected chi connectivity index (χ4v) is 9.12. The van der Waals surface area contributed by atoms with Crippen LogP contribution in [0.2, 0.25) is 0 Å². The summed E-state index contributed by atoms with van der Waals surface area (Å²) in [4.78, 5) is 14.5. The van der Waals surface area contributed by atoms with Crippen molar-refractivity contribution in [3.8, 4) is 11.5 Å². The number of methoxy groups -OCH3 is 1. The topological polar surface area (TPSA) is 38.8 Å². The molecule has 0 aromatic heterocycles. The van der Waals surface area contributed by atoms with E-state index in [4.69, 9.17) is 9.47 Å². The van der Waals surface area contributed by atoms with Crippen molar-refractivity contribution >= 4 is 5.78 Å². The molecule has 0 heterocycles. The summed E-state index contributed by atoms with van der Waals surface area (Å²) in [5.74, 6) is 6.69. The van der Waals surface area contributed by atoms with Crippen LogP contribution in [0.5, 0.6) is 11.5 Å². The second kappa shape index (κ2) is 11.1. The Morgan fingerprint density at radius 2 is 1.89 bits per heavy atom. The van der Waals surface area contributed by atoms with E-state index in [1.807, 2.05) is 6.08 Å². The van der Waals surface area contributed by atoms with Gasteiger partial charge in [-0.25, -0.2) is 0 Å². The van der Waals surface area contributed by atoms with E-state index in [2.05, 4.69) is 50.8 Å².